The molecule has 0 aliphatic heterocycles. The first-order valence-corrected chi connectivity index (χ1v) is 8.92. The highest BCUT2D eigenvalue weighted by Gasteiger charge is 1.90. The molecule has 0 heterocycles. The third kappa shape index (κ3) is 10.4. The Morgan fingerprint density at radius 1 is 1.25 bits per heavy atom. The zero-order chi connectivity index (χ0) is 6.99. The Kier molecular flexibility index (Phi) is 17.1. The average molecular weight is 342 g/mol. The molecule has 0 aromatic heterocycles. The summed E-state index contributed by atoms with van der Waals surface area (Å²) in [5.74, 6) is 0. The molecule has 0 unspecified atom stereocenters. The lowest BCUT2D eigenvalue weighted by molar-refractivity contribution is 0.166. The van der Waals surface area contributed by atoms with Gasteiger partial charge in [-0.3, -0.25) is 0 Å². The number of halogens is 2. The lowest BCUT2D eigenvalue weighted by Crippen LogP contribution is -1.99. The molecule has 0 bridgehead atoms. The summed E-state index contributed by atoms with van der Waals surface area (Å²) >= 11 is 4.24. The summed E-state index contributed by atoms with van der Waals surface area (Å²) in [5.41, 5.74) is 0. The van der Waals surface area contributed by atoms with Crippen molar-refractivity contribution in [1.29, 1.82) is 0 Å². The van der Waals surface area contributed by atoms with Crippen LogP contribution in [0.4, 0.5) is 0 Å². The van der Waals surface area contributed by atoms with E-state index in [1.807, 2.05) is 13.8 Å². The first-order valence-electron chi connectivity index (χ1n) is 2.63. The van der Waals surface area contributed by atoms with Crippen LogP contribution in [0.1, 0.15) is 26.7 Å². The molecule has 0 aromatic rings. The Hall–Kier alpha value is 1.42. The van der Waals surface area contributed by atoms with Crippen LogP contribution in [0, 0.1) is 0 Å². The van der Waals surface area contributed by atoms with E-state index in [4.69, 9.17) is 5.11 Å². The Bertz CT molecular complexity index is 29.6. The Morgan fingerprint density at radius 3 is 1.50 bits per heavy atom. The molecular formula is C5H12I2O. The highest BCUT2D eigenvalue weighted by atomic mass is 128. The summed E-state index contributed by atoms with van der Waals surface area (Å²) in [6.45, 7) is 3.96. The molecule has 0 saturated carbocycles. The number of aliphatic hydroxyl groups is 1. The Morgan fingerprint density at radius 2 is 1.50 bits per heavy atom. The van der Waals surface area contributed by atoms with Gasteiger partial charge in [0.2, 0.25) is 0 Å². The van der Waals surface area contributed by atoms with Gasteiger partial charge in [-0.15, -0.1) is 0 Å². The van der Waals surface area contributed by atoms with Gasteiger partial charge in [-0.1, -0.05) is 13.8 Å². The minimum Gasteiger partial charge on any atom is -0.393 e. The molecule has 0 radical (unpaired) electrons. The fraction of sp³-hybridized carbons (Fsp3) is 1.00. The van der Waals surface area contributed by atoms with Crippen LogP contribution in [0.25, 0.3) is 0 Å². The molecule has 0 aliphatic rings. The highest BCUT2D eigenvalue weighted by molar-refractivity contribution is 15.0. The van der Waals surface area contributed by atoms with Crippen LogP contribution in [0.5, 0.6) is 0 Å². The third-order valence-corrected chi connectivity index (χ3v) is 0.942. The number of hydrogen-bond donors (Lipinski definition) is 1. The molecule has 52 valence electrons. The van der Waals surface area contributed by atoms with E-state index < -0.39 is 0 Å². The van der Waals surface area contributed by atoms with Crippen molar-refractivity contribution in [3.63, 3.8) is 0 Å². The average Bonchev–Trinajstić information content (AvgIpc) is 1.91. The van der Waals surface area contributed by atoms with Crippen molar-refractivity contribution in [3.8, 4) is 0 Å². The van der Waals surface area contributed by atoms with Gasteiger partial charge in [-0.2, -0.15) is 0 Å². The molecule has 0 rings (SSSR count). The second-order valence-electron chi connectivity index (χ2n) is 1.47. The summed E-state index contributed by atoms with van der Waals surface area (Å²) in [6, 6.07) is 0. The summed E-state index contributed by atoms with van der Waals surface area (Å²) in [4.78, 5) is 0. The predicted octanol–water partition coefficient (Wildman–Crippen LogP) is 2.94. The predicted molar refractivity (Wildman–Crippen MR) is 54.6 cm³/mol. The van der Waals surface area contributed by atoms with Gasteiger partial charge >= 0.3 is 0 Å². The van der Waals surface area contributed by atoms with E-state index in [0.717, 1.165) is 12.8 Å². The topological polar surface area (TPSA) is 20.2 Å². The zero-order valence-corrected chi connectivity index (χ0v) is 9.51. The van der Waals surface area contributed by atoms with Gasteiger partial charge in [0.05, 0.1) is 6.10 Å². The van der Waals surface area contributed by atoms with E-state index in [0.29, 0.717) is 0 Å². The third-order valence-electron chi connectivity index (χ3n) is 0.942. The van der Waals surface area contributed by atoms with Crippen LogP contribution < -0.4 is 0 Å². The van der Waals surface area contributed by atoms with Crippen LogP contribution >= 0.6 is 37.2 Å². The molecule has 1 nitrogen and oxygen atoms in total. The van der Waals surface area contributed by atoms with E-state index in [9.17, 15) is 0 Å². The molecule has 0 atom stereocenters. The van der Waals surface area contributed by atoms with Gasteiger partial charge in [0, 0.05) is 37.2 Å². The van der Waals surface area contributed by atoms with Crippen molar-refractivity contribution in [2.24, 2.45) is 0 Å². The van der Waals surface area contributed by atoms with E-state index in [1.54, 1.807) is 0 Å². The smallest absolute Gasteiger partial charge is 0.0535 e. The maximum absolute atomic E-state index is 8.67. The molecule has 0 spiro atoms. The Labute approximate surface area is 74.6 Å². The molecule has 0 aromatic carbocycles. The fourth-order valence-corrected chi connectivity index (χ4v) is 0.289. The molecule has 1 N–H and O–H groups in total. The summed E-state index contributed by atoms with van der Waals surface area (Å²) in [5, 5.41) is 8.67. The van der Waals surface area contributed by atoms with Gasteiger partial charge in [-0.05, 0) is 12.8 Å². The summed E-state index contributed by atoms with van der Waals surface area (Å²) < 4.78 is 0. The van der Waals surface area contributed by atoms with Crippen LogP contribution in [0.3, 0.4) is 0 Å². The van der Waals surface area contributed by atoms with Gasteiger partial charge in [0.25, 0.3) is 0 Å². The van der Waals surface area contributed by atoms with E-state index in [2.05, 4.69) is 37.2 Å². The van der Waals surface area contributed by atoms with Gasteiger partial charge in [-0.25, -0.2) is 0 Å². The van der Waals surface area contributed by atoms with Crippen molar-refractivity contribution < 1.29 is 5.11 Å². The second kappa shape index (κ2) is 11.2. The van der Waals surface area contributed by atoms with Crippen LogP contribution in [-0.4, -0.2) is 11.2 Å². The molecular weight excluding hydrogens is 330 g/mol. The van der Waals surface area contributed by atoms with Crippen LogP contribution in [-0.2, 0) is 0 Å². The Balaban J connectivity index is 0. The second-order valence-corrected chi connectivity index (χ2v) is 1.47. The van der Waals surface area contributed by atoms with Gasteiger partial charge in [0.15, 0.2) is 0 Å². The monoisotopic (exact) mass is 342 g/mol. The van der Waals surface area contributed by atoms with E-state index >= 15 is 0 Å². The molecule has 0 amide bonds. The van der Waals surface area contributed by atoms with E-state index in [1.165, 1.54) is 0 Å². The van der Waals surface area contributed by atoms with E-state index in [-0.39, 0.29) is 6.10 Å². The van der Waals surface area contributed by atoms with Gasteiger partial charge in [0.1, 0.15) is 0 Å². The zero-order valence-electron chi connectivity index (χ0n) is 5.19. The maximum atomic E-state index is 8.67. The van der Waals surface area contributed by atoms with Crippen molar-refractivity contribution in [2.75, 3.05) is 0 Å². The maximum Gasteiger partial charge on any atom is 0.0535 e. The normalized spacial score (nSPS) is 8.25. The molecule has 0 aliphatic carbocycles. The number of rotatable bonds is 2. The molecule has 0 fully saturated rings. The number of aliphatic hydroxyl groups excluding tert-OH is 1. The molecule has 0 saturated heterocycles. The fourth-order valence-electron chi connectivity index (χ4n) is 0.289. The van der Waals surface area contributed by atoms with Crippen LogP contribution in [0.15, 0.2) is 0 Å². The minimum atomic E-state index is -0.0648. The largest absolute Gasteiger partial charge is 0.393 e. The molecule has 3 heteroatoms. The standard InChI is InChI=1S/C5H12O.I2/c1-3-5(6)4-2;1-2/h5-6H,3-4H2,1-2H3;. The van der Waals surface area contributed by atoms with Crippen molar-refractivity contribution in [2.45, 2.75) is 32.8 Å². The first kappa shape index (κ1) is 12.1. The molecule has 8 heavy (non-hydrogen) atoms. The quantitative estimate of drug-likeness (QED) is 0.766. The number of hydrogen-bond acceptors (Lipinski definition) is 1. The SMILES string of the molecule is CCC(O)CC.II. The van der Waals surface area contributed by atoms with Crippen molar-refractivity contribution in [1.82, 2.24) is 0 Å². The lowest BCUT2D eigenvalue weighted by Gasteiger charge is -1.98. The first-order chi connectivity index (χ1) is 3.81. The van der Waals surface area contributed by atoms with Gasteiger partial charge < -0.3 is 5.11 Å². The summed E-state index contributed by atoms with van der Waals surface area (Å²) in [7, 11) is 0. The van der Waals surface area contributed by atoms with Crippen molar-refractivity contribution >= 4 is 37.2 Å². The minimum absolute atomic E-state index is 0.0648. The lowest BCUT2D eigenvalue weighted by atomic mass is 10.2. The van der Waals surface area contributed by atoms with Crippen molar-refractivity contribution in [3.05, 3.63) is 0 Å². The highest BCUT2D eigenvalue weighted by Crippen LogP contribution is 1.92. The van der Waals surface area contributed by atoms with Crippen LogP contribution in [0.2, 0.25) is 0 Å². The summed E-state index contributed by atoms with van der Waals surface area (Å²) in [6.07, 6.45) is 1.71.